The van der Waals surface area contributed by atoms with Crippen LogP contribution >= 0.6 is 22.9 Å². The van der Waals surface area contributed by atoms with Gasteiger partial charge in [0.05, 0.1) is 9.21 Å². The number of thiophene rings is 1. The standard InChI is InChI=1S/C9H6ClF2NOS/c1-9(11,12)7-4-5(13-14-7)6-2-3-8(10)15-6/h2-4H,1H3. The summed E-state index contributed by atoms with van der Waals surface area (Å²) in [5.74, 6) is -3.45. The van der Waals surface area contributed by atoms with Crippen LogP contribution in [0.2, 0.25) is 4.34 Å². The Morgan fingerprint density at radius 2 is 2.20 bits per heavy atom. The molecule has 0 unspecified atom stereocenters. The quantitative estimate of drug-likeness (QED) is 0.798. The van der Waals surface area contributed by atoms with Crippen LogP contribution in [0.3, 0.4) is 0 Å². The molecule has 80 valence electrons. The molecule has 0 aliphatic carbocycles. The van der Waals surface area contributed by atoms with Gasteiger partial charge in [0.1, 0.15) is 5.69 Å². The third kappa shape index (κ3) is 2.18. The van der Waals surface area contributed by atoms with Crippen LogP contribution in [0.15, 0.2) is 22.7 Å². The minimum atomic E-state index is -3.01. The lowest BCUT2D eigenvalue weighted by molar-refractivity contribution is -0.0105. The predicted octanol–water partition coefficient (Wildman–Crippen LogP) is 4.17. The fraction of sp³-hybridized carbons (Fsp3) is 0.222. The van der Waals surface area contributed by atoms with Gasteiger partial charge in [-0.3, -0.25) is 0 Å². The Labute approximate surface area is 93.5 Å². The van der Waals surface area contributed by atoms with Crippen molar-refractivity contribution in [3.05, 3.63) is 28.3 Å². The summed E-state index contributed by atoms with van der Waals surface area (Å²) in [6.45, 7) is 0.763. The smallest absolute Gasteiger partial charge is 0.304 e. The van der Waals surface area contributed by atoms with Crippen LogP contribution in [0.25, 0.3) is 10.6 Å². The van der Waals surface area contributed by atoms with Crippen molar-refractivity contribution < 1.29 is 13.3 Å². The second-order valence-corrected chi connectivity index (χ2v) is 4.78. The van der Waals surface area contributed by atoms with E-state index in [1.807, 2.05) is 0 Å². The fourth-order valence-electron chi connectivity index (χ4n) is 1.05. The number of hydrogen-bond acceptors (Lipinski definition) is 3. The highest BCUT2D eigenvalue weighted by Crippen LogP contribution is 2.34. The Bertz CT molecular complexity index is 474. The highest BCUT2D eigenvalue weighted by molar-refractivity contribution is 7.19. The van der Waals surface area contributed by atoms with Gasteiger partial charge >= 0.3 is 5.92 Å². The molecule has 2 aromatic rings. The molecule has 0 N–H and O–H groups in total. The van der Waals surface area contributed by atoms with Gasteiger partial charge in [0, 0.05) is 13.0 Å². The van der Waals surface area contributed by atoms with Crippen LogP contribution in [0.5, 0.6) is 0 Å². The van der Waals surface area contributed by atoms with Crippen molar-refractivity contribution in [2.75, 3.05) is 0 Å². The molecule has 0 aliphatic rings. The first-order valence-corrected chi connectivity index (χ1v) is 5.27. The first kappa shape index (κ1) is 10.6. The zero-order valence-corrected chi connectivity index (χ0v) is 9.20. The first-order valence-electron chi connectivity index (χ1n) is 4.07. The molecule has 0 aromatic carbocycles. The third-order valence-corrected chi connectivity index (χ3v) is 3.02. The second-order valence-electron chi connectivity index (χ2n) is 3.07. The maximum atomic E-state index is 12.8. The molecule has 0 radical (unpaired) electrons. The van der Waals surface area contributed by atoms with Crippen LogP contribution in [0.1, 0.15) is 12.7 Å². The number of nitrogens with zero attached hydrogens (tertiary/aromatic N) is 1. The molecule has 6 heteroatoms. The van der Waals surface area contributed by atoms with E-state index in [1.165, 1.54) is 17.4 Å². The Morgan fingerprint density at radius 3 is 2.67 bits per heavy atom. The minimum Gasteiger partial charge on any atom is -0.354 e. The van der Waals surface area contributed by atoms with Crippen LogP contribution < -0.4 is 0 Å². The Kier molecular flexibility index (Phi) is 2.52. The molecule has 2 rings (SSSR count). The molecule has 0 saturated heterocycles. The van der Waals surface area contributed by atoms with Gasteiger partial charge in [-0.1, -0.05) is 16.8 Å². The van der Waals surface area contributed by atoms with Gasteiger partial charge in [-0.2, -0.15) is 8.78 Å². The molecule has 0 atom stereocenters. The third-order valence-electron chi connectivity index (χ3n) is 1.77. The van der Waals surface area contributed by atoms with E-state index in [4.69, 9.17) is 11.6 Å². The summed E-state index contributed by atoms with van der Waals surface area (Å²) in [5, 5.41) is 3.56. The summed E-state index contributed by atoms with van der Waals surface area (Å²) in [4.78, 5) is 0.708. The van der Waals surface area contributed by atoms with E-state index < -0.39 is 11.7 Å². The average molecular weight is 250 g/mol. The van der Waals surface area contributed by atoms with E-state index in [0.29, 0.717) is 14.9 Å². The normalized spacial score (nSPS) is 12.0. The minimum absolute atomic E-state index is 0.378. The number of halogens is 3. The van der Waals surface area contributed by atoms with Gasteiger partial charge < -0.3 is 4.52 Å². The molecular formula is C9H6ClF2NOS. The van der Waals surface area contributed by atoms with Gasteiger partial charge in [-0.15, -0.1) is 11.3 Å². The molecule has 0 saturated carbocycles. The Hall–Kier alpha value is -0.940. The van der Waals surface area contributed by atoms with Crippen LogP contribution in [0, 0.1) is 0 Å². The summed E-state index contributed by atoms with van der Waals surface area (Å²) in [6.07, 6.45) is 0. The molecule has 0 bridgehead atoms. The number of rotatable bonds is 2. The molecular weight excluding hydrogens is 244 g/mol. The monoisotopic (exact) mass is 249 g/mol. The lowest BCUT2D eigenvalue weighted by Gasteiger charge is -2.02. The summed E-state index contributed by atoms with van der Waals surface area (Å²) in [6, 6.07) is 4.62. The zero-order valence-electron chi connectivity index (χ0n) is 7.63. The highest BCUT2D eigenvalue weighted by Gasteiger charge is 2.30. The summed E-state index contributed by atoms with van der Waals surface area (Å²) < 4.78 is 30.8. The van der Waals surface area contributed by atoms with Crippen molar-refractivity contribution in [3.8, 4) is 10.6 Å². The maximum absolute atomic E-state index is 12.8. The van der Waals surface area contributed by atoms with Crippen molar-refractivity contribution in [1.82, 2.24) is 5.16 Å². The van der Waals surface area contributed by atoms with Crippen molar-refractivity contribution in [3.63, 3.8) is 0 Å². The van der Waals surface area contributed by atoms with Gasteiger partial charge in [-0.25, -0.2) is 0 Å². The molecule has 2 aromatic heterocycles. The van der Waals surface area contributed by atoms with Crippen molar-refractivity contribution >= 4 is 22.9 Å². The van der Waals surface area contributed by atoms with Crippen LogP contribution in [-0.2, 0) is 5.92 Å². The Balaban J connectivity index is 2.36. The Morgan fingerprint density at radius 1 is 1.47 bits per heavy atom. The largest absolute Gasteiger partial charge is 0.354 e. The summed E-state index contributed by atoms with van der Waals surface area (Å²) >= 11 is 6.98. The van der Waals surface area contributed by atoms with E-state index in [2.05, 4.69) is 9.68 Å². The molecule has 2 heterocycles. The topological polar surface area (TPSA) is 26.0 Å². The maximum Gasteiger partial charge on any atom is 0.304 e. The molecule has 0 fully saturated rings. The van der Waals surface area contributed by atoms with Crippen LogP contribution in [0.4, 0.5) is 8.78 Å². The SMILES string of the molecule is CC(F)(F)c1cc(-c2ccc(Cl)s2)no1. The van der Waals surface area contributed by atoms with E-state index in [1.54, 1.807) is 12.1 Å². The predicted molar refractivity (Wildman–Crippen MR) is 54.4 cm³/mol. The van der Waals surface area contributed by atoms with Gasteiger partial charge in [0.25, 0.3) is 0 Å². The van der Waals surface area contributed by atoms with E-state index >= 15 is 0 Å². The summed E-state index contributed by atoms with van der Waals surface area (Å²) in [7, 11) is 0. The fourth-order valence-corrected chi connectivity index (χ4v) is 2.05. The van der Waals surface area contributed by atoms with E-state index in [9.17, 15) is 8.78 Å². The van der Waals surface area contributed by atoms with Crippen LogP contribution in [-0.4, -0.2) is 5.16 Å². The molecule has 2 nitrogen and oxygen atoms in total. The van der Waals surface area contributed by atoms with Gasteiger partial charge in [0.2, 0.25) is 5.76 Å². The summed E-state index contributed by atoms with van der Waals surface area (Å²) in [5.41, 5.74) is 0.378. The first-order chi connectivity index (χ1) is 6.97. The molecule has 0 spiro atoms. The van der Waals surface area contributed by atoms with Crippen molar-refractivity contribution in [2.24, 2.45) is 0 Å². The van der Waals surface area contributed by atoms with Crippen molar-refractivity contribution in [1.29, 1.82) is 0 Å². The van der Waals surface area contributed by atoms with Gasteiger partial charge in [0.15, 0.2) is 0 Å². The lowest BCUT2D eigenvalue weighted by atomic mass is 10.2. The zero-order chi connectivity index (χ0) is 11.1. The lowest BCUT2D eigenvalue weighted by Crippen LogP contribution is -2.04. The molecule has 0 amide bonds. The average Bonchev–Trinajstić information content (AvgIpc) is 2.69. The van der Waals surface area contributed by atoms with Crippen molar-refractivity contribution in [2.45, 2.75) is 12.8 Å². The molecule has 0 aliphatic heterocycles. The number of aromatic nitrogens is 1. The number of alkyl halides is 2. The van der Waals surface area contributed by atoms with E-state index in [0.717, 1.165) is 6.92 Å². The van der Waals surface area contributed by atoms with Gasteiger partial charge in [-0.05, 0) is 12.1 Å². The van der Waals surface area contributed by atoms with E-state index in [-0.39, 0.29) is 0 Å². The molecule has 15 heavy (non-hydrogen) atoms. The highest BCUT2D eigenvalue weighted by atomic mass is 35.5. The number of hydrogen-bond donors (Lipinski definition) is 0. The second kappa shape index (κ2) is 3.57.